The summed E-state index contributed by atoms with van der Waals surface area (Å²) in [6, 6.07) is 1.81. The van der Waals surface area contributed by atoms with Gasteiger partial charge in [0, 0.05) is 25.7 Å². The molecular weight excluding hydrogens is 246 g/mol. The SMILES string of the molecule is C[C@@H]1CN(C(=O)CN(C)Cc2ccon2)C[C@H](C)O1. The van der Waals surface area contributed by atoms with Crippen LogP contribution >= 0.6 is 0 Å². The Labute approximate surface area is 113 Å². The van der Waals surface area contributed by atoms with Crippen LogP contribution in [0.5, 0.6) is 0 Å². The van der Waals surface area contributed by atoms with E-state index in [1.165, 1.54) is 6.26 Å². The quantitative estimate of drug-likeness (QED) is 0.805. The molecule has 1 amide bonds. The summed E-state index contributed by atoms with van der Waals surface area (Å²) in [5.74, 6) is 0.132. The normalized spacial score (nSPS) is 23.9. The maximum absolute atomic E-state index is 12.2. The maximum atomic E-state index is 12.2. The third kappa shape index (κ3) is 4.04. The molecule has 1 aromatic heterocycles. The number of hydrogen-bond donors (Lipinski definition) is 0. The zero-order valence-corrected chi connectivity index (χ0v) is 11.7. The predicted octanol–water partition coefficient (Wildman–Crippen LogP) is 0.742. The van der Waals surface area contributed by atoms with Gasteiger partial charge in [0.05, 0.1) is 24.4 Å². The van der Waals surface area contributed by atoms with Crippen molar-refractivity contribution >= 4 is 5.91 Å². The van der Waals surface area contributed by atoms with E-state index >= 15 is 0 Å². The lowest BCUT2D eigenvalue weighted by Gasteiger charge is -2.36. The molecule has 2 heterocycles. The number of carbonyl (C=O) groups excluding carboxylic acids is 1. The van der Waals surface area contributed by atoms with Gasteiger partial charge in [-0.25, -0.2) is 0 Å². The first-order valence-corrected chi connectivity index (χ1v) is 6.55. The van der Waals surface area contributed by atoms with E-state index < -0.39 is 0 Å². The number of hydrogen-bond acceptors (Lipinski definition) is 5. The van der Waals surface area contributed by atoms with Crippen LogP contribution < -0.4 is 0 Å². The van der Waals surface area contributed by atoms with Crippen molar-refractivity contribution < 1.29 is 14.1 Å². The first-order valence-electron chi connectivity index (χ1n) is 6.55. The van der Waals surface area contributed by atoms with Crippen molar-refractivity contribution in [1.29, 1.82) is 0 Å². The molecule has 1 aliphatic rings. The predicted molar refractivity (Wildman–Crippen MR) is 69.4 cm³/mol. The molecule has 1 aromatic rings. The highest BCUT2D eigenvalue weighted by Gasteiger charge is 2.26. The van der Waals surface area contributed by atoms with Crippen molar-refractivity contribution in [2.45, 2.75) is 32.6 Å². The summed E-state index contributed by atoms with van der Waals surface area (Å²) in [5.41, 5.74) is 0.832. The smallest absolute Gasteiger partial charge is 0.236 e. The van der Waals surface area contributed by atoms with E-state index in [2.05, 4.69) is 5.16 Å². The van der Waals surface area contributed by atoms with Gasteiger partial charge in [0.15, 0.2) is 0 Å². The Hall–Kier alpha value is -1.40. The van der Waals surface area contributed by atoms with Crippen LogP contribution in [0.3, 0.4) is 0 Å². The molecule has 1 aliphatic heterocycles. The molecule has 0 bridgehead atoms. The van der Waals surface area contributed by atoms with Crippen LogP contribution in [0.25, 0.3) is 0 Å². The van der Waals surface area contributed by atoms with Crippen molar-refractivity contribution in [3.63, 3.8) is 0 Å². The maximum Gasteiger partial charge on any atom is 0.236 e. The van der Waals surface area contributed by atoms with E-state index in [0.717, 1.165) is 5.69 Å². The molecular formula is C13H21N3O3. The monoisotopic (exact) mass is 267 g/mol. The summed E-state index contributed by atoms with van der Waals surface area (Å²) in [6.07, 6.45) is 1.75. The first-order chi connectivity index (χ1) is 9.04. The molecule has 0 aromatic carbocycles. The minimum Gasteiger partial charge on any atom is -0.372 e. The molecule has 106 valence electrons. The Morgan fingerprint density at radius 3 is 2.74 bits per heavy atom. The van der Waals surface area contributed by atoms with E-state index in [0.29, 0.717) is 26.2 Å². The molecule has 0 radical (unpaired) electrons. The lowest BCUT2D eigenvalue weighted by molar-refractivity contribution is -0.144. The van der Waals surface area contributed by atoms with Gasteiger partial charge >= 0.3 is 0 Å². The van der Waals surface area contributed by atoms with Gasteiger partial charge in [-0.2, -0.15) is 0 Å². The van der Waals surface area contributed by atoms with Gasteiger partial charge in [0.1, 0.15) is 6.26 Å². The van der Waals surface area contributed by atoms with Crippen LogP contribution in [0.1, 0.15) is 19.5 Å². The standard InChI is InChI=1S/C13H21N3O3/c1-10-6-16(7-11(2)19-10)13(17)9-15(3)8-12-4-5-18-14-12/h4-5,10-11H,6-9H2,1-3H3/t10-,11+. The summed E-state index contributed by atoms with van der Waals surface area (Å²) in [6.45, 7) is 6.32. The molecule has 6 heteroatoms. The van der Waals surface area contributed by atoms with Crippen LogP contribution in [0.4, 0.5) is 0 Å². The molecule has 0 N–H and O–H groups in total. The van der Waals surface area contributed by atoms with Gasteiger partial charge in [-0.3, -0.25) is 9.69 Å². The third-order valence-corrected chi connectivity index (χ3v) is 3.10. The molecule has 0 spiro atoms. The largest absolute Gasteiger partial charge is 0.372 e. The number of carbonyl (C=O) groups is 1. The summed E-state index contributed by atoms with van der Waals surface area (Å²) in [5, 5.41) is 3.84. The summed E-state index contributed by atoms with van der Waals surface area (Å²) in [7, 11) is 1.90. The first kappa shape index (κ1) is 14.0. The molecule has 2 rings (SSSR count). The minimum absolute atomic E-state index is 0.105. The highest BCUT2D eigenvalue weighted by atomic mass is 16.5. The highest BCUT2D eigenvalue weighted by molar-refractivity contribution is 5.78. The van der Waals surface area contributed by atoms with Gasteiger partial charge < -0.3 is 14.2 Å². The Kier molecular flexibility index (Phi) is 4.55. The van der Waals surface area contributed by atoms with E-state index in [1.807, 2.05) is 30.7 Å². The Morgan fingerprint density at radius 1 is 1.47 bits per heavy atom. The van der Waals surface area contributed by atoms with Crippen molar-refractivity contribution in [3.05, 3.63) is 18.0 Å². The van der Waals surface area contributed by atoms with Crippen molar-refractivity contribution in [2.75, 3.05) is 26.7 Å². The second-order valence-corrected chi connectivity index (χ2v) is 5.22. The minimum atomic E-state index is 0.105. The van der Waals surface area contributed by atoms with Crippen molar-refractivity contribution in [3.8, 4) is 0 Å². The summed E-state index contributed by atoms with van der Waals surface area (Å²) in [4.78, 5) is 16.0. The number of morpholine rings is 1. The average molecular weight is 267 g/mol. The third-order valence-electron chi connectivity index (χ3n) is 3.10. The van der Waals surface area contributed by atoms with E-state index in [1.54, 1.807) is 6.07 Å². The fraction of sp³-hybridized carbons (Fsp3) is 0.692. The lowest BCUT2D eigenvalue weighted by Crippen LogP contribution is -2.50. The Balaban J connectivity index is 1.82. The fourth-order valence-corrected chi connectivity index (χ4v) is 2.36. The van der Waals surface area contributed by atoms with Crippen LogP contribution in [0, 0.1) is 0 Å². The highest BCUT2D eigenvalue weighted by Crippen LogP contribution is 2.11. The molecule has 0 aliphatic carbocycles. The van der Waals surface area contributed by atoms with Crippen LogP contribution in [0.2, 0.25) is 0 Å². The molecule has 1 fully saturated rings. The van der Waals surface area contributed by atoms with Crippen LogP contribution in [-0.4, -0.2) is 59.8 Å². The number of nitrogens with zero attached hydrogens (tertiary/aromatic N) is 3. The van der Waals surface area contributed by atoms with Gasteiger partial charge in [-0.1, -0.05) is 5.16 Å². The molecule has 19 heavy (non-hydrogen) atoms. The number of aromatic nitrogens is 1. The van der Waals surface area contributed by atoms with Crippen molar-refractivity contribution in [2.24, 2.45) is 0 Å². The number of rotatable bonds is 4. The van der Waals surface area contributed by atoms with E-state index in [4.69, 9.17) is 9.26 Å². The van der Waals surface area contributed by atoms with E-state index in [-0.39, 0.29) is 18.1 Å². The molecule has 2 atom stereocenters. The van der Waals surface area contributed by atoms with Gasteiger partial charge in [-0.15, -0.1) is 0 Å². The van der Waals surface area contributed by atoms with Gasteiger partial charge in [0.2, 0.25) is 5.91 Å². The lowest BCUT2D eigenvalue weighted by atomic mass is 10.2. The second kappa shape index (κ2) is 6.16. The zero-order chi connectivity index (χ0) is 13.8. The number of likely N-dealkylation sites (N-methyl/N-ethyl adjacent to an activating group) is 1. The molecule has 0 unspecified atom stereocenters. The topological polar surface area (TPSA) is 58.8 Å². The Morgan fingerprint density at radius 2 is 2.16 bits per heavy atom. The molecule has 0 saturated carbocycles. The van der Waals surface area contributed by atoms with Gasteiger partial charge in [-0.05, 0) is 20.9 Å². The van der Waals surface area contributed by atoms with Crippen LogP contribution in [-0.2, 0) is 16.1 Å². The fourth-order valence-electron chi connectivity index (χ4n) is 2.36. The van der Waals surface area contributed by atoms with E-state index in [9.17, 15) is 4.79 Å². The number of amides is 1. The van der Waals surface area contributed by atoms with Crippen LogP contribution in [0.15, 0.2) is 16.9 Å². The molecule has 6 nitrogen and oxygen atoms in total. The zero-order valence-electron chi connectivity index (χ0n) is 11.7. The van der Waals surface area contributed by atoms with Gasteiger partial charge in [0.25, 0.3) is 0 Å². The Bertz CT molecular complexity index is 397. The van der Waals surface area contributed by atoms with Crippen molar-refractivity contribution in [1.82, 2.24) is 15.0 Å². The summed E-state index contributed by atoms with van der Waals surface area (Å²) >= 11 is 0. The molecule has 1 saturated heterocycles. The number of ether oxygens (including phenoxy) is 1. The second-order valence-electron chi connectivity index (χ2n) is 5.22. The summed E-state index contributed by atoms with van der Waals surface area (Å²) < 4.78 is 10.4. The average Bonchev–Trinajstić information content (AvgIpc) is 2.80.